The van der Waals surface area contributed by atoms with E-state index < -0.39 is 0 Å². The van der Waals surface area contributed by atoms with Crippen LogP contribution in [-0.4, -0.2) is 22.0 Å². The molecule has 0 saturated heterocycles. The summed E-state index contributed by atoms with van der Waals surface area (Å²) in [5, 5.41) is 7.51. The van der Waals surface area contributed by atoms with Gasteiger partial charge in [-0.15, -0.1) is 0 Å². The number of pyridine rings is 3. The van der Waals surface area contributed by atoms with Crippen molar-refractivity contribution in [1.29, 1.82) is 0 Å². The number of para-hydroxylation sites is 1. The van der Waals surface area contributed by atoms with Gasteiger partial charge in [-0.25, -0.2) is 15.0 Å². The number of nitrogens with one attached hydrogen (secondary N) is 2. The van der Waals surface area contributed by atoms with Gasteiger partial charge in [0.2, 0.25) is 5.88 Å². The average molecular weight is 419 g/mol. The Hall–Kier alpha value is -4.45. The third-order valence-electron chi connectivity index (χ3n) is 5.04. The molecule has 0 amide bonds. The summed E-state index contributed by atoms with van der Waals surface area (Å²) in [5.74, 6) is 2.82. The molecule has 0 spiro atoms. The fourth-order valence-electron chi connectivity index (χ4n) is 3.43. The van der Waals surface area contributed by atoms with Crippen LogP contribution in [0.5, 0.6) is 11.6 Å². The van der Waals surface area contributed by atoms with E-state index in [0.29, 0.717) is 11.6 Å². The van der Waals surface area contributed by atoms with Gasteiger partial charge in [0.1, 0.15) is 17.4 Å². The lowest BCUT2D eigenvalue weighted by Gasteiger charge is -2.12. The Morgan fingerprint density at radius 1 is 0.750 bits per heavy atom. The number of hydrogen-bond donors (Lipinski definition) is 2. The van der Waals surface area contributed by atoms with E-state index >= 15 is 0 Å². The average Bonchev–Trinajstić information content (AvgIpc) is 2.85. The maximum absolute atomic E-state index is 6.10. The van der Waals surface area contributed by atoms with Crippen LogP contribution in [0.1, 0.15) is 0 Å². The Kier molecular flexibility index (Phi) is 5.32. The lowest BCUT2D eigenvalue weighted by atomic mass is 10.1. The van der Waals surface area contributed by atoms with Crippen LogP contribution in [0.2, 0.25) is 0 Å². The Morgan fingerprint density at radius 2 is 1.62 bits per heavy atom. The highest BCUT2D eigenvalue weighted by Crippen LogP contribution is 2.32. The summed E-state index contributed by atoms with van der Waals surface area (Å²) in [4.78, 5) is 13.4. The van der Waals surface area contributed by atoms with Crippen LogP contribution < -0.4 is 15.4 Å². The molecule has 0 atom stereocenters. The molecule has 0 bridgehead atoms. The molecule has 3 heterocycles. The standard InChI is InChI=1S/C26H21N5O/c1-27-25-17-19(14-16-28-25)22-6-4-15-29-26(22)32-21-11-9-20(10-12-21)30-24-13-8-18-5-2-3-7-23(18)31-24/h2-17H,1H3,(H,27,28)(H,30,31). The zero-order valence-corrected chi connectivity index (χ0v) is 17.5. The van der Waals surface area contributed by atoms with Crippen LogP contribution in [0.4, 0.5) is 17.3 Å². The number of aromatic nitrogens is 3. The summed E-state index contributed by atoms with van der Waals surface area (Å²) in [5.41, 5.74) is 3.76. The molecule has 32 heavy (non-hydrogen) atoms. The van der Waals surface area contributed by atoms with Gasteiger partial charge >= 0.3 is 0 Å². The molecule has 2 aromatic carbocycles. The fraction of sp³-hybridized carbons (Fsp3) is 0.0385. The monoisotopic (exact) mass is 419 g/mol. The van der Waals surface area contributed by atoms with E-state index in [1.807, 2.05) is 79.8 Å². The first-order chi connectivity index (χ1) is 15.8. The Morgan fingerprint density at radius 3 is 2.50 bits per heavy atom. The van der Waals surface area contributed by atoms with E-state index in [1.54, 1.807) is 12.4 Å². The van der Waals surface area contributed by atoms with Crippen LogP contribution in [0, 0.1) is 0 Å². The van der Waals surface area contributed by atoms with Gasteiger partial charge in [0.05, 0.1) is 5.52 Å². The Labute approximate surface area is 186 Å². The molecule has 0 saturated carbocycles. The van der Waals surface area contributed by atoms with Gasteiger partial charge in [-0.1, -0.05) is 18.2 Å². The summed E-state index contributed by atoms with van der Waals surface area (Å²) in [7, 11) is 1.84. The number of nitrogens with zero attached hydrogens (tertiary/aromatic N) is 3. The van der Waals surface area contributed by atoms with Crippen molar-refractivity contribution in [2.24, 2.45) is 0 Å². The van der Waals surface area contributed by atoms with Crippen molar-refractivity contribution in [3.8, 4) is 22.8 Å². The third-order valence-corrected chi connectivity index (χ3v) is 5.04. The number of fused-ring (bicyclic) bond motifs is 1. The van der Waals surface area contributed by atoms with Crippen molar-refractivity contribution in [2.45, 2.75) is 0 Å². The number of hydrogen-bond acceptors (Lipinski definition) is 6. The van der Waals surface area contributed by atoms with Crippen molar-refractivity contribution >= 4 is 28.2 Å². The molecule has 6 nitrogen and oxygen atoms in total. The largest absolute Gasteiger partial charge is 0.438 e. The smallest absolute Gasteiger partial charge is 0.227 e. The summed E-state index contributed by atoms with van der Waals surface area (Å²) in [6.45, 7) is 0. The van der Waals surface area contributed by atoms with Crippen molar-refractivity contribution in [3.63, 3.8) is 0 Å². The van der Waals surface area contributed by atoms with Crippen LogP contribution in [0.15, 0.2) is 97.3 Å². The zero-order valence-electron chi connectivity index (χ0n) is 17.5. The molecule has 0 aliphatic heterocycles. The van der Waals surface area contributed by atoms with E-state index in [2.05, 4.69) is 37.7 Å². The van der Waals surface area contributed by atoms with Crippen molar-refractivity contribution in [1.82, 2.24) is 15.0 Å². The Balaban J connectivity index is 1.35. The minimum Gasteiger partial charge on any atom is -0.438 e. The second-order valence-corrected chi connectivity index (χ2v) is 7.18. The first-order valence-corrected chi connectivity index (χ1v) is 10.3. The summed E-state index contributed by atoms with van der Waals surface area (Å²) in [6, 6.07) is 27.6. The highest BCUT2D eigenvalue weighted by molar-refractivity contribution is 5.80. The van der Waals surface area contributed by atoms with E-state index in [1.165, 1.54) is 0 Å². The van der Waals surface area contributed by atoms with Gasteiger partial charge in [-0.05, 0) is 72.3 Å². The van der Waals surface area contributed by atoms with E-state index in [4.69, 9.17) is 4.74 Å². The van der Waals surface area contributed by atoms with Gasteiger partial charge in [-0.3, -0.25) is 0 Å². The molecule has 0 radical (unpaired) electrons. The van der Waals surface area contributed by atoms with Crippen molar-refractivity contribution < 1.29 is 4.74 Å². The molecule has 5 aromatic rings. The molecule has 0 unspecified atom stereocenters. The molecular formula is C26H21N5O. The predicted octanol–water partition coefficient (Wildman–Crippen LogP) is 6.27. The van der Waals surface area contributed by atoms with Gasteiger partial charge in [0.25, 0.3) is 0 Å². The summed E-state index contributed by atoms with van der Waals surface area (Å²) < 4.78 is 6.10. The van der Waals surface area contributed by atoms with Crippen molar-refractivity contribution in [3.05, 3.63) is 97.3 Å². The van der Waals surface area contributed by atoms with Gasteiger partial charge in [-0.2, -0.15) is 0 Å². The van der Waals surface area contributed by atoms with Gasteiger partial charge in [0.15, 0.2) is 0 Å². The summed E-state index contributed by atoms with van der Waals surface area (Å²) in [6.07, 6.45) is 3.49. The number of benzene rings is 2. The second-order valence-electron chi connectivity index (χ2n) is 7.18. The second kappa shape index (κ2) is 8.73. The molecule has 0 aliphatic rings. The lowest BCUT2D eigenvalue weighted by molar-refractivity contribution is 0.465. The number of rotatable bonds is 6. The van der Waals surface area contributed by atoms with Crippen LogP contribution in [0.25, 0.3) is 22.0 Å². The first-order valence-electron chi connectivity index (χ1n) is 10.3. The molecule has 0 aliphatic carbocycles. The van der Waals surface area contributed by atoms with Gasteiger partial charge in [0, 0.05) is 36.1 Å². The molecule has 6 heteroatoms. The lowest BCUT2D eigenvalue weighted by Crippen LogP contribution is -1.95. The predicted molar refractivity (Wildman–Crippen MR) is 129 cm³/mol. The quantitative estimate of drug-likeness (QED) is 0.338. The fourth-order valence-corrected chi connectivity index (χ4v) is 3.43. The van der Waals surface area contributed by atoms with Gasteiger partial charge < -0.3 is 15.4 Å². The Bertz CT molecular complexity index is 1370. The maximum atomic E-state index is 6.10. The normalized spacial score (nSPS) is 10.7. The van der Waals surface area contributed by atoms with Crippen LogP contribution in [0.3, 0.4) is 0 Å². The number of anilines is 3. The maximum Gasteiger partial charge on any atom is 0.227 e. The number of ether oxygens (including phenoxy) is 1. The highest BCUT2D eigenvalue weighted by atomic mass is 16.5. The summed E-state index contributed by atoms with van der Waals surface area (Å²) >= 11 is 0. The minimum absolute atomic E-state index is 0.539. The topological polar surface area (TPSA) is 72.0 Å². The molecular weight excluding hydrogens is 398 g/mol. The molecule has 156 valence electrons. The SMILES string of the molecule is CNc1cc(-c2cccnc2Oc2ccc(Nc3ccc4ccccc4n3)cc2)ccn1. The van der Waals surface area contributed by atoms with E-state index in [-0.39, 0.29) is 0 Å². The molecule has 2 N–H and O–H groups in total. The van der Waals surface area contributed by atoms with Crippen LogP contribution >= 0.6 is 0 Å². The van der Waals surface area contributed by atoms with E-state index in [0.717, 1.165) is 39.4 Å². The minimum atomic E-state index is 0.539. The zero-order chi connectivity index (χ0) is 21.8. The highest BCUT2D eigenvalue weighted by Gasteiger charge is 2.10. The molecule has 5 rings (SSSR count). The van der Waals surface area contributed by atoms with Crippen LogP contribution in [-0.2, 0) is 0 Å². The first kappa shape index (κ1) is 19.5. The molecule has 0 fully saturated rings. The van der Waals surface area contributed by atoms with Crippen molar-refractivity contribution in [2.75, 3.05) is 17.7 Å². The van der Waals surface area contributed by atoms with E-state index in [9.17, 15) is 0 Å². The third kappa shape index (κ3) is 4.20. The molecule has 3 aromatic heterocycles.